The molecule has 0 heterocycles. The van der Waals surface area contributed by atoms with Gasteiger partial charge in [-0.2, -0.15) is 22.0 Å². The molecule has 1 N–H and O–H groups in total. The molecule has 1 aliphatic carbocycles. The van der Waals surface area contributed by atoms with Gasteiger partial charge in [0.25, 0.3) is 0 Å². The van der Waals surface area contributed by atoms with Crippen LogP contribution in [-0.4, -0.2) is 55.1 Å². The molecule has 2 aromatic rings. The quantitative estimate of drug-likeness (QED) is 0.0607. The average molecular weight is 695 g/mol. The number of ether oxygens (including phenoxy) is 3. The number of esters is 1. The number of hydrogen-bond acceptors (Lipinski definition) is 5. The maximum Gasteiger partial charge on any atom is 0.457 e. The molecular formula is C38H47F5O6. The lowest BCUT2D eigenvalue weighted by Crippen LogP contribution is -2.49. The van der Waals surface area contributed by atoms with Crippen LogP contribution < -0.4 is 4.74 Å². The first-order valence-corrected chi connectivity index (χ1v) is 17.0. The molecular weight excluding hydrogens is 647 g/mol. The maximum atomic E-state index is 14.6. The number of aliphatic carboxylic acids is 1. The summed E-state index contributed by atoms with van der Waals surface area (Å²) in [6, 6.07) is 12.7. The number of carbonyl (C=O) groups excluding carboxylic acids is 1. The van der Waals surface area contributed by atoms with Crippen molar-refractivity contribution >= 4 is 11.9 Å². The lowest BCUT2D eigenvalue weighted by Gasteiger charge is -2.31. The van der Waals surface area contributed by atoms with Crippen molar-refractivity contribution in [1.82, 2.24) is 0 Å². The first-order valence-electron chi connectivity index (χ1n) is 17.0. The normalized spacial score (nSPS) is 18.3. The Morgan fingerprint density at radius 1 is 0.816 bits per heavy atom. The van der Waals surface area contributed by atoms with Crippen LogP contribution in [0.4, 0.5) is 22.0 Å². The molecule has 0 radical (unpaired) electrons. The van der Waals surface area contributed by atoms with Crippen molar-refractivity contribution in [3.8, 4) is 5.75 Å². The number of benzene rings is 2. The van der Waals surface area contributed by atoms with E-state index in [9.17, 15) is 36.6 Å². The van der Waals surface area contributed by atoms with Crippen LogP contribution in [0.3, 0.4) is 0 Å². The van der Waals surface area contributed by atoms with Crippen molar-refractivity contribution in [3.05, 3.63) is 89.5 Å². The van der Waals surface area contributed by atoms with Crippen molar-refractivity contribution in [1.29, 1.82) is 0 Å². The first-order chi connectivity index (χ1) is 23.4. The van der Waals surface area contributed by atoms with Gasteiger partial charge in [-0.15, -0.1) is 0 Å². The van der Waals surface area contributed by atoms with Gasteiger partial charge in [-0.05, 0) is 61.9 Å². The Morgan fingerprint density at radius 2 is 1.43 bits per heavy atom. The first kappa shape index (κ1) is 39.7. The minimum absolute atomic E-state index is 0.0729. The zero-order chi connectivity index (χ0) is 35.9. The van der Waals surface area contributed by atoms with Crippen LogP contribution in [0.2, 0.25) is 0 Å². The molecule has 270 valence electrons. The Balaban J connectivity index is 1.75. The van der Waals surface area contributed by atoms with Gasteiger partial charge in [0.1, 0.15) is 11.2 Å². The smallest absolute Gasteiger partial charge is 0.457 e. The number of unbranched alkanes of at least 4 members (excludes halogenated alkanes) is 7. The number of carboxylic acids is 1. The van der Waals surface area contributed by atoms with E-state index in [1.807, 2.05) is 24.3 Å². The largest absolute Gasteiger partial charge is 0.494 e. The van der Waals surface area contributed by atoms with E-state index in [-0.39, 0.29) is 24.3 Å². The van der Waals surface area contributed by atoms with Gasteiger partial charge in [0.2, 0.25) is 0 Å². The topological polar surface area (TPSA) is 82.1 Å². The number of rotatable bonds is 21. The van der Waals surface area contributed by atoms with E-state index in [0.717, 1.165) is 24.5 Å². The summed E-state index contributed by atoms with van der Waals surface area (Å²) in [5.41, 5.74) is -1.61. The molecule has 1 atom stereocenters. The molecule has 0 bridgehead atoms. The minimum atomic E-state index is -5.97. The zero-order valence-electron chi connectivity index (χ0n) is 28.2. The second-order valence-corrected chi connectivity index (χ2v) is 12.2. The summed E-state index contributed by atoms with van der Waals surface area (Å²) in [6.45, 7) is 5.33. The van der Waals surface area contributed by atoms with Crippen LogP contribution >= 0.6 is 0 Å². The molecule has 0 aromatic heterocycles. The Labute approximate surface area is 285 Å². The van der Waals surface area contributed by atoms with E-state index in [1.165, 1.54) is 56.0 Å². The third kappa shape index (κ3) is 10.9. The molecule has 3 rings (SSSR count). The Morgan fingerprint density at radius 3 is 2.06 bits per heavy atom. The van der Waals surface area contributed by atoms with Gasteiger partial charge < -0.3 is 19.3 Å². The van der Waals surface area contributed by atoms with Gasteiger partial charge in [0, 0.05) is 19.1 Å². The van der Waals surface area contributed by atoms with Crippen molar-refractivity contribution in [3.63, 3.8) is 0 Å². The number of halogens is 5. The summed E-state index contributed by atoms with van der Waals surface area (Å²) in [4.78, 5) is 26.1. The Hall–Kier alpha value is -3.73. The Bertz CT molecular complexity index is 1370. The molecule has 2 aromatic carbocycles. The Kier molecular flexibility index (Phi) is 15.3. The number of carboxylic acid groups (broad SMARTS) is 1. The lowest BCUT2D eigenvalue weighted by atomic mass is 9.73. The highest BCUT2D eigenvalue weighted by atomic mass is 19.4. The van der Waals surface area contributed by atoms with Crippen LogP contribution in [0.25, 0.3) is 0 Å². The van der Waals surface area contributed by atoms with E-state index in [4.69, 9.17) is 14.2 Å². The molecule has 0 spiro atoms. The SMILES string of the molecule is CCCCCCCCOc1ccc(C2C=CC(C(=O)O)(c3ccccc3C(=O)O[C@H](CCCCCOCC)C(F)(F)C(F)(F)F)C=C2)cc1. The monoisotopic (exact) mass is 694 g/mol. The predicted molar refractivity (Wildman–Crippen MR) is 177 cm³/mol. The fourth-order valence-electron chi connectivity index (χ4n) is 5.72. The number of alkyl halides is 5. The molecule has 0 saturated carbocycles. The molecule has 0 amide bonds. The van der Waals surface area contributed by atoms with Crippen molar-refractivity contribution in [2.75, 3.05) is 19.8 Å². The highest BCUT2D eigenvalue weighted by molar-refractivity contribution is 5.97. The number of carbonyl (C=O) groups is 2. The molecule has 0 unspecified atom stereocenters. The summed E-state index contributed by atoms with van der Waals surface area (Å²) in [5, 5.41) is 10.4. The fraction of sp³-hybridized carbons (Fsp3) is 0.526. The van der Waals surface area contributed by atoms with Gasteiger partial charge in [-0.3, -0.25) is 4.79 Å². The fourth-order valence-corrected chi connectivity index (χ4v) is 5.72. The van der Waals surface area contributed by atoms with E-state index in [2.05, 4.69) is 6.92 Å². The number of hydrogen-bond donors (Lipinski definition) is 1. The maximum absolute atomic E-state index is 14.6. The second kappa shape index (κ2) is 18.9. The molecule has 1 aliphatic rings. The van der Waals surface area contributed by atoms with Gasteiger partial charge in [-0.25, -0.2) is 4.79 Å². The molecule has 0 aliphatic heterocycles. The van der Waals surface area contributed by atoms with Crippen LogP contribution in [0.5, 0.6) is 5.75 Å². The second-order valence-electron chi connectivity index (χ2n) is 12.2. The highest BCUT2D eigenvalue weighted by Crippen LogP contribution is 2.42. The molecule has 11 heteroatoms. The van der Waals surface area contributed by atoms with Crippen LogP contribution in [-0.2, 0) is 19.7 Å². The van der Waals surface area contributed by atoms with Crippen LogP contribution in [0.1, 0.15) is 105 Å². The molecule has 6 nitrogen and oxygen atoms in total. The third-order valence-corrected chi connectivity index (χ3v) is 8.60. The summed E-state index contributed by atoms with van der Waals surface area (Å²) < 4.78 is 85.2. The standard InChI is InChI=1S/C38H47F5O6/c1-3-5-6-7-8-14-27-48-30-20-18-28(19-21-30)29-22-24-36(25-23-29,35(45)46)32-16-12-11-15-31(32)34(44)49-33(37(39,40)38(41,42)43)17-10-9-13-26-47-4-2/h11-12,15-16,18-25,29,33H,3-10,13-14,17,26-27H2,1-2H3,(H,45,46)/t29?,33-,36?/m1/s1. The third-order valence-electron chi connectivity index (χ3n) is 8.60. The van der Waals surface area contributed by atoms with E-state index in [0.29, 0.717) is 32.0 Å². The lowest BCUT2D eigenvalue weighted by molar-refractivity contribution is -0.312. The molecule has 0 saturated heterocycles. The summed E-state index contributed by atoms with van der Waals surface area (Å²) in [7, 11) is 0. The molecule has 49 heavy (non-hydrogen) atoms. The summed E-state index contributed by atoms with van der Waals surface area (Å²) in [5.74, 6) is -7.78. The summed E-state index contributed by atoms with van der Waals surface area (Å²) >= 11 is 0. The van der Waals surface area contributed by atoms with Gasteiger partial charge in [-0.1, -0.05) is 100 Å². The van der Waals surface area contributed by atoms with Gasteiger partial charge in [0.15, 0.2) is 6.10 Å². The van der Waals surface area contributed by atoms with Crippen molar-refractivity contribution < 1.29 is 50.9 Å². The number of allylic oxidation sites excluding steroid dienone is 2. The highest BCUT2D eigenvalue weighted by Gasteiger charge is 2.64. The van der Waals surface area contributed by atoms with E-state index < -0.39 is 47.5 Å². The average Bonchev–Trinajstić information content (AvgIpc) is 3.08. The molecule has 0 fully saturated rings. The predicted octanol–water partition coefficient (Wildman–Crippen LogP) is 9.98. The van der Waals surface area contributed by atoms with Crippen LogP contribution in [0.15, 0.2) is 72.8 Å². The van der Waals surface area contributed by atoms with Crippen LogP contribution in [0, 0.1) is 0 Å². The summed E-state index contributed by atoms with van der Waals surface area (Å²) in [6.07, 6.45) is 4.11. The van der Waals surface area contributed by atoms with Gasteiger partial charge in [0.05, 0.1) is 12.2 Å². The van der Waals surface area contributed by atoms with E-state index in [1.54, 1.807) is 19.1 Å². The zero-order valence-corrected chi connectivity index (χ0v) is 28.2. The van der Waals surface area contributed by atoms with E-state index >= 15 is 0 Å². The van der Waals surface area contributed by atoms with Crippen molar-refractivity contribution in [2.45, 2.75) is 108 Å². The van der Waals surface area contributed by atoms with Crippen molar-refractivity contribution in [2.24, 2.45) is 0 Å². The minimum Gasteiger partial charge on any atom is -0.494 e. The van der Waals surface area contributed by atoms with Gasteiger partial charge >= 0.3 is 24.0 Å².